The molecule has 0 aromatic carbocycles. The molecule has 2 aliphatic heterocycles. The lowest BCUT2D eigenvalue weighted by Crippen LogP contribution is -2.48. The topological polar surface area (TPSA) is 67.4 Å². The van der Waals surface area contributed by atoms with E-state index >= 15 is 0 Å². The molecule has 0 spiro atoms. The molecular weight excluding hydrogens is 343 g/mol. The third-order valence-corrected chi connectivity index (χ3v) is 4.70. The van der Waals surface area contributed by atoms with Crippen LogP contribution in [0.4, 0.5) is 0 Å². The van der Waals surface area contributed by atoms with Gasteiger partial charge in [0.1, 0.15) is 11.1 Å². The molecule has 1 unspecified atom stereocenters. The highest BCUT2D eigenvalue weighted by molar-refractivity contribution is 14.1. The van der Waals surface area contributed by atoms with Gasteiger partial charge >= 0.3 is 0 Å². The maximum Gasteiger partial charge on any atom is 0.241 e. The molecular formula is C9H13IN2O3S. The molecule has 0 amide bonds. The minimum absolute atomic E-state index is 0.109. The number of sulfonamides is 1. The summed E-state index contributed by atoms with van der Waals surface area (Å²) in [6.07, 6.45) is 3.80. The summed E-state index contributed by atoms with van der Waals surface area (Å²) in [7, 11) is -3.31. The summed E-state index contributed by atoms with van der Waals surface area (Å²) in [5.41, 5.74) is 1.04. The molecule has 0 radical (unpaired) electrons. The number of alkyl halides is 1. The van der Waals surface area contributed by atoms with Gasteiger partial charge in [0.25, 0.3) is 0 Å². The molecule has 0 aliphatic carbocycles. The van der Waals surface area contributed by atoms with Gasteiger partial charge in [0, 0.05) is 0 Å². The molecule has 7 heteroatoms. The molecule has 5 nitrogen and oxygen atoms in total. The summed E-state index contributed by atoms with van der Waals surface area (Å²) in [4.78, 5) is 0. The van der Waals surface area contributed by atoms with E-state index in [0.717, 1.165) is 5.57 Å². The quantitative estimate of drug-likeness (QED) is 0.438. The van der Waals surface area contributed by atoms with Crippen molar-refractivity contribution in [3.63, 3.8) is 0 Å². The Morgan fingerprint density at radius 1 is 1.56 bits per heavy atom. The van der Waals surface area contributed by atoms with E-state index in [9.17, 15) is 8.42 Å². The van der Waals surface area contributed by atoms with Crippen molar-refractivity contribution in [3.8, 4) is 0 Å². The average Bonchev–Trinajstić information content (AvgIpc) is 1.94. The van der Waals surface area contributed by atoms with Gasteiger partial charge in [0.05, 0.1) is 17.3 Å². The molecule has 2 N–H and O–H groups in total. The number of nitrogens with one attached hydrogen (secondary N) is 2. The highest BCUT2D eigenvalue weighted by atomic mass is 127. The third kappa shape index (κ3) is 2.69. The first-order valence-corrected chi connectivity index (χ1v) is 7.67. The van der Waals surface area contributed by atoms with E-state index in [0.29, 0.717) is 5.82 Å². The predicted octanol–water partition coefficient (Wildman–Crippen LogP) is 0.457. The summed E-state index contributed by atoms with van der Waals surface area (Å²) < 4.78 is 31.1. The zero-order valence-electron chi connectivity index (χ0n) is 8.73. The summed E-state index contributed by atoms with van der Waals surface area (Å²) in [5, 5.41) is 2.62. The first kappa shape index (κ1) is 12.2. The Labute approximate surface area is 109 Å². The van der Waals surface area contributed by atoms with Crippen LogP contribution in [-0.4, -0.2) is 30.9 Å². The van der Waals surface area contributed by atoms with E-state index in [1.165, 1.54) is 0 Å². The molecule has 0 aromatic heterocycles. The second-order valence-electron chi connectivity index (χ2n) is 3.82. The smallest absolute Gasteiger partial charge is 0.241 e. The second kappa shape index (κ2) is 4.53. The van der Waals surface area contributed by atoms with Crippen LogP contribution < -0.4 is 10.0 Å². The molecule has 90 valence electrons. The molecule has 16 heavy (non-hydrogen) atoms. The van der Waals surface area contributed by atoms with Gasteiger partial charge in [-0.3, -0.25) is 4.72 Å². The van der Waals surface area contributed by atoms with E-state index in [1.54, 1.807) is 6.08 Å². The molecule has 2 rings (SSSR count). The van der Waals surface area contributed by atoms with Crippen molar-refractivity contribution in [2.45, 2.75) is 16.2 Å². The van der Waals surface area contributed by atoms with Crippen LogP contribution in [-0.2, 0) is 14.8 Å². The Hall–Kier alpha value is -0.280. The van der Waals surface area contributed by atoms with Crippen LogP contribution in [0.5, 0.6) is 0 Å². The Bertz CT molecular complexity index is 440. The minimum atomic E-state index is -3.31. The van der Waals surface area contributed by atoms with E-state index in [2.05, 4.69) is 32.6 Å². The molecule has 1 atom stereocenters. The first-order chi connectivity index (χ1) is 7.47. The van der Waals surface area contributed by atoms with Crippen LogP contribution in [0.15, 0.2) is 23.5 Å². The van der Waals surface area contributed by atoms with Gasteiger partial charge < -0.3 is 10.1 Å². The lowest BCUT2D eigenvalue weighted by Gasteiger charge is -2.28. The Morgan fingerprint density at radius 3 is 2.75 bits per heavy atom. The van der Waals surface area contributed by atoms with Crippen LogP contribution >= 0.6 is 22.6 Å². The fraction of sp³-hybridized carbons (Fsp3) is 0.556. The monoisotopic (exact) mass is 356 g/mol. The third-order valence-electron chi connectivity index (χ3n) is 2.37. The second-order valence-corrected chi connectivity index (χ2v) is 7.12. The summed E-state index contributed by atoms with van der Waals surface area (Å²) in [5.74, 6) is 0.534. The minimum Gasteiger partial charge on any atom is -0.378 e. The van der Waals surface area contributed by atoms with Gasteiger partial charge in [-0.15, -0.1) is 0 Å². The maximum absolute atomic E-state index is 11.8. The molecule has 0 aromatic rings. The zero-order chi connectivity index (χ0) is 11.8. The maximum atomic E-state index is 11.8. The number of ether oxygens (including phenoxy) is 1. The van der Waals surface area contributed by atoms with Gasteiger partial charge in [-0.2, -0.15) is 0 Å². The van der Waals surface area contributed by atoms with Crippen LogP contribution in [0.25, 0.3) is 0 Å². The largest absolute Gasteiger partial charge is 0.378 e. The highest BCUT2D eigenvalue weighted by Crippen LogP contribution is 2.16. The number of dihydropyridines is 1. The van der Waals surface area contributed by atoms with Crippen LogP contribution in [0, 0.1) is 0 Å². The highest BCUT2D eigenvalue weighted by Gasteiger charge is 2.33. The van der Waals surface area contributed by atoms with Crippen LogP contribution in [0.3, 0.4) is 0 Å². The fourth-order valence-electron chi connectivity index (χ4n) is 1.43. The van der Waals surface area contributed by atoms with Crippen LogP contribution in [0.2, 0.25) is 0 Å². The van der Waals surface area contributed by atoms with Crippen LogP contribution in [0.1, 0.15) is 6.92 Å². The molecule has 1 saturated heterocycles. The summed E-state index contributed by atoms with van der Waals surface area (Å²) >= 11 is 2.19. The van der Waals surface area contributed by atoms with E-state index in [1.807, 2.05) is 13.0 Å². The lowest BCUT2D eigenvalue weighted by molar-refractivity contribution is 0.0412. The number of rotatable bonds is 3. The van der Waals surface area contributed by atoms with Crippen molar-refractivity contribution in [2.75, 3.05) is 13.2 Å². The van der Waals surface area contributed by atoms with E-state index in [-0.39, 0.29) is 17.3 Å². The van der Waals surface area contributed by atoms with Crippen molar-refractivity contribution in [1.82, 2.24) is 10.0 Å². The fourth-order valence-corrected chi connectivity index (χ4v) is 3.47. The standard InChI is InChI=1S/C9H13IN2O3S/c1-6-2-8(10)11-9(3-6)12-16(13,14)7-4-15-5-7/h2-3,7-8,11-12H,4-5H2,1H3. The van der Waals surface area contributed by atoms with Crippen molar-refractivity contribution in [3.05, 3.63) is 23.5 Å². The SMILES string of the molecule is CC1=CC(I)NC(NS(=O)(=O)C2COC2)=C1. The van der Waals surface area contributed by atoms with Crippen molar-refractivity contribution in [1.29, 1.82) is 0 Å². The number of allylic oxidation sites excluding steroid dienone is 2. The summed E-state index contributed by atoms with van der Waals surface area (Å²) in [6.45, 7) is 2.50. The van der Waals surface area contributed by atoms with Crippen molar-refractivity contribution in [2.24, 2.45) is 0 Å². The molecule has 2 aliphatic rings. The normalized spacial score (nSPS) is 26.2. The van der Waals surface area contributed by atoms with Gasteiger partial charge in [-0.05, 0) is 24.6 Å². The van der Waals surface area contributed by atoms with E-state index in [4.69, 9.17) is 4.74 Å². The Balaban J connectivity index is 2.07. The summed E-state index contributed by atoms with van der Waals surface area (Å²) in [6, 6.07) is 0. The van der Waals surface area contributed by atoms with Crippen molar-refractivity contribution >= 4 is 32.6 Å². The zero-order valence-corrected chi connectivity index (χ0v) is 11.7. The predicted molar refractivity (Wildman–Crippen MR) is 69.4 cm³/mol. The van der Waals surface area contributed by atoms with Crippen molar-refractivity contribution < 1.29 is 13.2 Å². The average molecular weight is 356 g/mol. The van der Waals surface area contributed by atoms with Gasteiger partial charge in [0.2, 0.25) is 10.0 Å². The van der Waals surface area contributed by atoms with Gasteiger partial charge in [-0.25, -0.2) is 8.42 Å². The van der Waals surface area contributed by atoms with Gasteiger partial charge in [0.15, 0.2) is 0 Å². The molecule has 1 fully saturated rings. The number of hydrogen-bond acceptors (Lipinski definition) is 4. The van der Waals surface area contributed by atoms with E-state index < -0.39 is 15.3 Å². The lowest BCUT2D eigenvalue weighted by atomic mass is 10.2. The molecule has 0 saturated carbocycles. The van der Waals surface area contributed by atoms with Gasteiger partial charge in [-0.1, -0.05) is 22.6 Å². The number of halogens is 1. The molecule has 0 bridgehead atoms. The first-order valence-electron chi connectivity index (χ1n) is 4.87. The Morgan fingerprint density at radius 2 is 2.25 bits per heavy atom. The molecule has 2 heterocycles. The Kier molecular flexibility index (Phi) is 3.45. The number of hydrogen-bond donors (Lipinski definition) is 2.